The van der Waals surface area contributed by atoms with Gasteiger partial charge in [0.25, 0.3) is 0 Å². The summed E-state index contributed by atoms with van der Waals surface area (Å²) in [6, 6.07) is 26.7. The Hall–Kier alpha value is -3.32. The summed E-state index contributed by atoms with van der Waals surface area (Å²) in [5.41, 5.74) is 6.28. The molecule has 1 amide bonds. The maximum Gasteiger partial charge on any atom is 0.412 e. The maximum atomic E-state index is 12.3. The zero-order chi connectivity index (χ0) is 22.6. The number of nitrogens with zero attached hydrogens (tertiary/aromatic N) is 1. The van der Waals surface area contributed by atoms with Gasteiger partial charge in [-0.25, -0.2) is 4.79 Å². The lowest BCUT2D eigenvalue weighted by atomic mass is 10.1. The second-order valence-electron chi connectivity index (χ2n) is 8.61. The van der Waals surface area contributed by atoms with Crippen molar-refractivity contribution in [2.24, 2.45) is 7.05 Å². The molecule has 1 atom stereocenters. The molecule has 1 heterocycles. The Labute approximate surface area is 212 Å². The molecule has 7 heteroatoms. The summed E-state index contributed by atoms with van der Waals surface area (Å²) >= 11 is 0. The Kier molecular flexibility index (Phi) is 8.93. The van der Waals surface area contributed by atoms with Crippen LogP contribution < -0.4 is 15.4 Å². The maximum absolute atomic E-state index is 12.3. The number of carbonyl (C=O) groups excluding carboxylic acids is 1. The summed E-state index contributed by atoms with van der Waals surface area (Å²) in [5.74, 6) is 0.571. The van der Waals surface area contributed by atoms with E-state index in [4.69, 9.17) is 4.74 Å². The van der Waals surface area contributed by atoms with Gasteiger partial charge in [0, 0.05) is 36.2 Å². The fourth-order valence-electron chi connectivity index (χ4n) is 4.86. The van der Waals surface area contributed by atoms with Gasteiger partial charge in [0.05, 0.1) is 0 Å². The Morgan fingerprint density at radius 1 is 1.00 bits per heavy atom. The van der Waals surface area contributed by atoms with E-state index in [9.17, 15) is 4.79 Å². The van der Waals surface area contributed by atoms with Crippen LogP contribution in [0.25, 0.3) is 10.9 Å². The molecule has 0 radical (unpaired) electrons. The minimum absolute atomic E-state index is 0. The quantitative estimate of drug-likeness (QED) is 0.384. The van der Waals surface area contributed by atoms with Crippen molar-refractivity contribution < 1.29 is 15.0 Å². The number of ether oxygens (including phenoxy) is 1. The van der Waals surface area contributed by atoms with E-state index >= 15 is 0 Å². The van der Waals surface area contributed by atoms with Crippen molar-refractivity contribution in [3.8, 4) is 5.75 Å². The van der Waals surface area contributed by atoms with Crippen LogP contribution in [0.2, 0.25) is 0 Å². The zero-order valence-corrected chi connectivity index (χ0v) is 20.6. The van der Waals surface area contributed by atoms with E-state index in [1.54, 1.807) is 0 Å². The second kappa shape index (κ2) is 11.9. The van der Waals surface area contributed by atoms with Crippen LogP contribution in [0.3, 0.4) is 0 Å². The third-order valence-electron chi connectivity index (χ3n) is 6.48. The van der Waals surface area contributed by atoms with Crippen molar-refractivity contribution in [3.63, 3.8) is 0 Å². The molecule has 6 nitrogen and oxygen atoms in total. The lowest BCUT2D eigenvalue weighted by Gasteiger charge is -2.15. The van der Waals surface area contributed by atoms with Gasteiger partial charge < -0.3 is 25.4 Å². The molecule has 0 spiro atoms. The number of rotatable bonds is 7. The van der Waals surface area contributed by atoms with Crippen LogP contribution in [-0.2, 0) is 26.4 Å². The third kappa shape index (κ3) is 5.85. The summed E-state index contributed by atoms with van der Waals surface area (Å²) in [6.07, 6.45) is 2.70. The van der Waals surface area contributed by atoms with Crippen molar-refractivity contribution in [3.05, 3.63) is 101 Å². The standard InChI is InChI=1S/C28H29N3O2.ClH.H2O/c1-31-26-15-12-22(33-28(32)30-19-21-10-6-3-7-11-21)18-24(26)23-13-14-25(27(23)31)29-17-16-20-8-4-2-5-9-20;;/h2-12,15,18,25,29H,13-14,16-17,19H2,1H3,(H,30,32);1H;1H2. The van der Waals surface area contributed by atoms with E-state index in [-0.39, 0.29) is 17.9 Å². The van der Waals surface area contributed by atoms with Crippen molar-refractivity contribution in [2.75, 3.05) is 6.54 Å². The molecule has 0 fully saturated rings. The first-order valence-electron chi connectivity index (χ1n) is 11.6. The molecule has 184 valence electrons. The van der Waals surface area contributed by atoms with Gasteiger partial charge >= 0.3 is 6.09 Å². The first kappa shape index (κ1) is 26.3. The molecular weight excluding hydrogens is 462 g/mol. The molecule has 1 aliphatic carbocycles. The monoisotopic (exact) mass is 493 g/mol. The Balaban J connectivity index is 0.00000171. The Bertz CT molecular complexity index is 1260. The highest BCUT2D eigenvalue weighted by Crippen LogP contribution is 2.39. The van der Waals surface area contributed by atoms with Gasteiger partial charge in [-0.3, -0.25) is 0 Å². The number of hydrogen-bond acceptors (Lipinski definition) is 3. The number of benzene rings is 3. The van der Waals surface area contributed by atoms with E-state index in [1.165, 1.54) is 27.7 Å². The summed E-state index contributed by atoms with van der Waals surface area (Å²) < 4.78 is 7.87. The third-order valence-corrected chi connectivity index (χ3v) is 6.48. The lowest BCUT2D eigenvalue weighted by molar-refractivity contribution is 0.200. The highest BCUT2D eigenvalue weighted by atomic mass is 35.5. The summed E-state index contributed by atoms with van der Waals surface area (Å²) in [7, 11) is 2.13. The number of aryl methyl sites for hydroxylation is 2. The highest BCUT2D eigenvalue weighted by molar-refractivity contribution is 5.88. The predicted octanol–water partition coefficient (Wildman–Crippen LogP) is 4.88. The molecular formula is C28H32ClN3O3. The topological polar surface area (TPSA) is 86.8 Å². The van der Waals surface area contributed by atoms with E-state index in [0.717, 1.165) is 31.4 Å². The first-order valence-corrected chi connectivity index (χ1v) is 11.6. The van der Waals surface area contributed by atoms with Gasteiger partial charge in [0.1, 0.15) is 5.75 Å². The van der Waals surface area contributed by atoms with Crippen molar-refractivity contribution >= 4 is 29.4 Å². The number of aromatic nitrogens is 1. The summed E-state index contributed by atoms with van der Waals surface area (Å²) in [5, 5.41) is 7.75. The number of carbonyl (C=O) groups is 1. The summed E-state index contributed by atoms with van der Waals surface area (Å²) in [4.78, 5) is 12.3. The Morgan fingerprint density at radius 2 is 1.69 bits per heavy atom. The molecule has 0 saturated carbocycles. The summed E-state index contributed by atoms with van der Waals surface area (Å²) in [6.45, 7) is 1.39. The van der Waals surface area contributed by atoms with E-state index in [0.29, 0.717) is 18.3 Å². The van der Waals surface area contributed by atoms with Crippen LogP contribution in [-0.4, -0.2) is 22.7 Å². The molecule has 1 aromatic heterocycles. The van der Waals surface area contributed by atoms with Crippen LogP contribution in [0.5, 0.6) is 5.75 Å². The number of fused-ring (bicyclic) bond motifs is 3. The van der Waals surface area contributed by atoms with Crippen LogP contribution in [0.4, 0.5) is 4.79 Å². The largest absolute Gasteiger partial charge is 0.412 e. The van der Waals surface area contributed by atoms with Crippen molar-refractivity contribution in [2.45, 2.75) is 31.8 Å². The molecule has 0 saturated heterocycles. The van der Waals surface area contributed by atoms with Gasteiger partial charge in [0.15, 0.2) is 0 Å². The molecule has 5 rings (SSSR count). The van der Waals surface area contributed by atoms with E-state index < -0.39 is 6.09 Å². The number of nitrogens with one attached hydrogen (secondary N) is 2. The predicted molar refractivity (Wildman–Crippen MR) is 142 cm³/mol. The first-order chi connectivity index (χ1) is 16.2. The minimum Gasteiger partial charge on any atom is -0.412 e. The van der Waals surface area contributed by atoms with Gasteiger partial charge in [-0.1, -0.05) is 60.7 Å². The average Bonchev–Trinajstić information content (AvgIpc) is 3.38. The SMILES string of the molecule is Cl.Cn1c2c(c3cc(OC(=O)NCc4ccccc4)ccc31)CCC2NCCc1ccccc1.O. The van der Waals surface area contributed by atoms with E-state index in [2.05, 4.69) is 58.6 Å². The smallest absolute Gasteiger partial charge is 0.412 e. The van der Waals surface area contributed by atoms with Gasteiger partial charge in [0.2, 0.25) is 0 Å². The molecule has 3 aromatic carbocycles. The van der Waals surface area contributed by atoms with Gasteiger partial charge in [-0.2, -0.15) is 0 Å². The van der Waals surface area contributed by atoms with Crippen LogP contribution >= 0.6 is 12.4 Å². The number of hydrogen-bond donors (Lipinski definition) is 2. The Morgan fingerprint density at radius 3 is 2.40 bits per heavy atom. The number of halogens is 1. The molecule has 35 heavy (non-hydrogen) atoms. The molecule has 0 aliphatic heterocycles. The molecule has 1 unspecified atom stereocenters. The van der Waals surface area contributed by atoms with Crippen LogP contribution in [0, 0.1) is 0 Å². The van der Waals surface area contributed by atoms with E-state index in [1.807, 2.05) is 42.5 Å². The zero-order valence-electron chi connectivity index (χ0n) is 19.8. The lowest BCUT2D eigenvalue weighted by Crippen LogP contribution is -2.26. The normalized spacial score (nSPS) is 14.0. The molecule has 4 aromatic rings. The molecule has 1 aliphatic rings. The fraction of sp³-hybridized carbons (Fsp3) is 0.250. The second-order valence-corrected chi connectivity index (χ2v) is 8.61. The average molecular weight is 494 g/mol. The van der Waals surface area contributed by atoms with Crippen molar-refractivity contribution in [1.29, 1.82) is 0 Å². The van der Waals surface area contributed by atoms with Gasteiger partial charge in [-0.05, 0) is 60.7 Å². The highest BCUT2D eigenvalue weighted by Gasteiger charge is 2.28. The fourth-order valence-corrected chi connectivity index (χ4v) is 4.86. The van der Waals surface area contributed by atoms with Crippen molar-refractivity contribution in [1.82, 2.24) is 15.2 Å². The molecule has 0 bridgehead atoms. The minimum atomic E-state index is -0.439. The van der Waals surface area contributed by atoms with Crippen LogP contribution in [0.15, 0.2) is 78.9 Å². The van der Waals surface area contributed by atoms with Crippen LogP contribution in [0.1, 0.15) is 34.8 Å². The number of amides is 1. The van der Waals surface area contributed by atoms with Gasteiger partial charge in [-0.15, -0.1) is 12.4 Å². The molecule has 4 N–H and O–H groups in total.